The zero-order valence-corrected chi connectivity index (χ0v) is 13.4. The zero-order chi connectivity index (χ0) is 14.0. The summed E-state index contributed by atoms with van der Waals surface area (Å²) in [6.45, 7) is 0. The minimum absolute atomic E-state index is 0.290. The number of rotatable bonds is 2. The molecule has 0 spiro atoms. The van der Waals surface area contributed by atoms with Crippen LogP contribution in [0.25, 0.3) is 0 Å². The Balaban J connectivity index is 2.25. The summed E-state index contributed by atoms with van der Waals surface area (Å²) in [5.74, 6) is 0.113. The highest BCUT2D eigenvalue weighted by atomic mass is 79.9. The van der Waals surface area contributed by atoms with Crippen molar-refractivity contribution in [3.8, 4) is 0 Å². The molecular weight excluding hydrogens is 397 g/mol. The summed E-state index contributed by atoms with van der Waals surface area (Å²) in [7, 11) is 0. The van der Waals surface area contributed by atoms with Crippen LogP contribution in [0.4, 0.5) is 11.5 Å². The van der Waals surface area contributed by atoms with Gasteiger partial charge in [-0.05, 0) is 56.1 Å². The Kier molecular flexibility index (Phi) is 4.44. The summed E-state index contributed by atoms with van der Waals surface area (Å²) in [5.41, 5.74) is 6.56. The molecule has 0 fully saturated rings. The molecule has 1 amide bonds. The van der Waals surface area contributed by atoms with E-state index in [0.717, 1.165) is 0 Å². The molecule has 0 aliphatic rings. The summed E-state index contributed by atoms with van der Waals surface area (Å²) < 4.78 is 1.23. The van der Waals surface area contributed by atoms with Crippen molar-refractivity contribution in [1.29, 1.82) is 0 Å². The Morgan fingerprint density at radius 2 is 2.00 bits per heavy atom. The molecule has 19 heavy (non-hydrogen) atoms. The van der Waals surface area contributed by atoms with Crippen LogP contribution in [0.1, 0.15) is 10.4 Å². The highest BCUT2D eigenvalue weighted by Crippen LogP contribution is 2.25. The maximum atomic E-state index is 12.1. The average Bonchev–Trinajstić information content (AvgIpc) is 2.32. The van der Waals surface area contributed by atoms with Gasteiger partial charge in [-0.3, -0.25) is 4.79 Å². The Bertz CT molecular complexity index is 649. The van der Waals surface area contributed by atoms with Gasteiger partial charge in [0.2, 0.25) is 0 Å². The van der Waals surface area contributed by atoms with Gasteiger partial charge in [-0.15, -0.1) is 0 Å². The number of benzene rings is 1. The molecule has 2 aromatic rings. The number of aromatic nitrogens is 1. The smallest absolute Gasteiger partial charge is 0.257 e. The Morgan fingerprint density at radius 1 is 1.26 bits per heavy atom. The number of nitrogens with two attached hydrogens (primary N) is 1. The van der Waals surface area contributed by atoms with E-state index in [1.54, 1.807) is 24.3 Å². The normalized spacial score (nSPS) is 10.3. The van der Waals surface area contributed by atoms with Gasteiger partial charge < -0.3 is 11.1 Å². The van der Waals surface area contributed by atoms with Crippen LogP contribution in [0.5, 0.6) is 0 Å². The van der Waals surface area contributed by atoms with Crippen LogP contribution in [0.2, 0.25) is 5.02 Å². The molecule has 0 aliphatic carbocycles. The van der Waals surface area contributed by atoms with Crippen LogP contribution in [0.15, 0.2) is 39.4 Å². The largest absolute Gasteiger partial charge is 0.397 e. The summed E-state index contributed by atoms with van der Waals surface area (Å²) in [4.78, 5) is 16.2. The molecule has 0 saturated carbocycles. The van der Waals surface area contributed by atoms with Gasteiger partial charge in [-0.2, -0.15) is 0 Å². The Labute approximate surface area is 131 Å². The number of carbonyl (C=O) groups excluding carboxylic acids is 1. The van der Waals surface area contributed by atoms with E-state index in [1.807, 2.05) is 0 Å². The number of amides is 1. The molecule has 0 radical (unpaired) electrons. The molecule has 4 nitrogen and oxygen atoms in total. The lowest BCUT2D eigenvalue weighted by Crippen LogP contribution is -2.14. The molecule has 0 unspecified atom stereocenters. The molecule has 0 aliphatic heterocycles. The zero-order valence-electron chi connectivity index (χ0n) is 9.45. The average molecular weight is 405 g/mol. The summed E-state index contributed by atoms with van der Waals surface area (Å²) in [5, 5.41) is 3.24. The van der Waals surface area contributed by atoms with E-state index >= 15 is 0 Å². The monoisotopic (exact) mass is 403 g/mol. The molecule has 98 valence electrons. The molecule has 0 saturated heterocycles. The standard InChI is InChI=1S/C12H8Br2ClN3O/c13-9-3-6(15)1-2-8(9)12(19)18-11-10(14)4-7(16)5-17-11/h1-5H,16H2,(H,17,18,19). The lowest BCUT2D eigenvalue weighted by molar-refractivity contribution is 0.102. The third kappa shape index (κ3) is 3.46. The summed E-state index contributed by atoms with van der Waals surface area (Å²) >= 11 is 12.4. The van der Waals surface area contributed by atoms with E-state index in [0.29, 0.717) is 31.0 Å². The predicted octanol–water partition coefficient (Wildman–Crippen LogP) is 4.09. The van der Waals surface area contributed by atoms with Crippen LogP contribution < -0.4 is 11.1 Å². The number of anilines is 2. The van der Waals surface area contributed by atoms with Gasteiger partial charge in [0.25, 0.3) is 5.91 Å². The second-order valence-corrected chi connectivity index (χ2v) is 5.82. The van der Waals surface area contributed by atoms with Crippen molar-refractivity contribution in [1.82, 2.24) is 4.98 Å². The second kappa shape index (κ2) is 5.90. The van der Waals surface area contributed by atoms with Crippen LogP contribution >= 0.6 is 43.5 Å². The summed E-state index contributed by atoms with van der Waals surface area (Å²) in [6.07, 6.45) is 1.47. The first-order valence-corrected chi connectivity index (χ1v) is 7.11. The van der Waals surface area contributed by atoms with Gasteiger partial charge in [-0.25, -0.2) is 4.98 Å². The van der Waals surface area contributed by atoms with E-state index in [9.17, 15) is 4.79 Å². The van der Waals surface area contributed by atoms with E-state index in [4.69, 9.17) is 17.3 Å². The van der Waals surface area contributed by atoms with Gasteiger partial charge >= 0.3 is 0 Å². The number of nitrogen functional groups attached to an aromatic ring is 1. The molecule has 1 heterocycles. The van der Waals surface area contributed by atoms with Gasteiger partial charge in [0, 0.05) is 9.50 Å². The quantitative estimate of drug-likeness (QED) is 0.791. The van der Waals surface area contributed by atoms with E-state index in [1.165, 1.54) is 6.20 Å². The van der Waals surface area contributed by atoms with Crippen molar-refractivity contribution in [3.63, 3.8) is 0 Å². The van der Waals surface area contributed by atoms with Crippen LogP contribution in [0.3, 0.4) is 0 Å². The molecule has 2 rings (SSSR count). The van der Waals surface area contributed by atoms with Gasteiger partial charge in [-0.1, -0.05) is 11.6 Å². The van der Waals surface area contributed by atoms with E-state index < -0.39 is 0 Å². The third-order valence-corrected chi connectivity index (χ3v) is 3.77. The SMILES string of the molecule is Nc1cnc(NC(=O)c2ccc(Cl)cc2Br)c(Br)c1. The number of carbonyl (C=O) groups is 1. The van der Waals surface area contributed by atoms with Crippen LogP contribution in [-0.2, 0) is 0 Å². The fourth-order valence-electron chi connectivity index (χ4n) is 1.39. The minimum atomic E-state index is -0.290. The predicted molar refractivity (Wildman–Crippen MR) is 83.5 cm³/mol. The van der Waals surface area contributed by atoms with E-state index in [-0.39, 0.29) is 5.91 Å². The number of halogens is 3. The molecule has 0 atom stereocenters. The van der Waals surface area contributed by atoms with Gasteiger partial charge in [0.05, 0.1) is 21.9 Å². The number of nitrogens with zero attached hydrogens (tertiary/aromatic N) is 1. The number of hydrogen-bond acceptors (Lipinski definition) is 3. The molecule has 1 aromatic heterocycles. The Hall–Kier alpha value is -1.11. The van der Waals surface area contributed by atoms with Crippen molar-refractivity contribution in [2.45, 2.75) is 0 Å². The van der Waals surface area contributed by atoms with Crippen molar-refractivity contribution in [2.24, 2.45) is 0 Å². The number of pyridine rings is 1. The lowest BCUT2D eigenvalue weighted by atomic mass is 10.2. The molecule has 7 heteroatoms. The highest BCUT2D eigenvalue weighted by Gasteiger charge is 2.12. The molecule has 0 bridgehead atoms. The van der Waals surface area contributed by atoms with Gasteiger partial charge in [0.15, 0.2) is 0 Å². The molecular formula is C12H8Br2ClN3O. The highest BCUT2D eigenvalue weighted by molar-refractivity contribution is 9.11. The van der Waals surface area contributed by atoms with Crippen molar-refractivity contribution < 1.29 is 4.79 Å². The third-order valence-electron chi connectivity index (χ3n) is 2.27. The van der Waals surface area contributed by atoms with Gasteiger partial charge in [0.1, 0.15) is 5.82 Å². The number of hydrogen-bond donors (Lipinski definition) is 2. The first-order chi connectivity index (χ1) is 8.97. The maximum Gasteiger partial charge on any atom is 0.257 e. The van der Waals surface area contributed by atoms with Crippen molar-refractivity contribution >= 4 is 60.9 Å². The lowest BCUT2D eigenvalue weighted by Gasteiger charge is -2.08. The minimum Gasteiger partial charge on any atom is -0.397 e. The summed E-state index contributed by atoms with van der Waals surface area (Å²) in [6, 6.07) is 6.60. The molecule has 1 aromatic carbocycles. The van der Waals surface area contributed by atoms with E-state index in [2.05, 4.69) is 42.2 Å². The first-order valence-electron chi connectivity index (χ1n) is 5.15. The number of nitrogens with one attached hydrogen (secondary N) is 1. The molecule has 3 N–H and O–H groups in total. The Morgan fingerprint density at radius 3 is 2.63 bits per heavy atom. The fourth-order valence-corrected chi connectivity index (χ4v) is 2.72. The topological polar surface area (TPSA) is 68.0 Å². The van der Waals surface area contributed by atoms with Crippen LogP contribution in [-0.4, -0.2) is 10.9 Å². The first kappa shape index (κ1) is 14.3. The van der Waals surface area contributed by atoms with Crippen molar-refractivity contribution in [2.75, 3.05) is 11.1 Å². The maximum absolute atomic E-state index is 12.1. The van der Waals surface area contributed by atoms with Crippen LogP contribution in [0, 0.1) is 0 Å². The van der Waals surface area contributed by atoms with Crippen molar-refractivity contribution in [3.05, 3.63) is 50.0 Å². The second-order valence-electron chi connectivity index (χ2n) is 3.68. The fraction of sp³-hybridized carbons (Fsp3) is 0.